The van der Waals surface area contributed by atoms with Crippen LogP contribution in [0.15, 0.2) is 66.9 Å². The van der Waals surface area contributed by atoms with Crippen molar-refractivity contribution in [3.8, 4) is 0 Å². The fraction of sp³-hybridized carbons (Fsp3) is 0.240. The van der Waals surface area contributed by atoms with Crippen LogP contribution >= 0.6 is 0 Å². The molecule has 0 atom stereocenters. The van der Waals surface area contributed by atoms with Gasteiger partial charge in [0.15, 0.2) is 0 Å². The van der Waals surface area contributed by atoms with Crippen LogP contribution in [0.25, 0.3) is 0 Å². The van der Waals surface area contributed by atoms with Crippen molar-refractivity contribution in [3.63, 3.8) is 0 Å². The van der Waals surface area contributed by atoms with Crippen LogP contribution in [0.3, 0.4) is 0 Å². The molecule has 5 nitrogen and oxygen atoms in total. The second-order valence-electron chi connectivity index (χ2n) is 7.59. The number of aryl methyl sites for hydroxylation is 3. The van der Waals surface area contributed by atoms with Gasteiger partial charge >= 0.3 is 0 Å². The molecule has 1 aliphatic rings. The summed E-state index contributed by atoms with van der Waals surface area (Å²) < 4.78 is 0. The molecule has 1 aliphatic heterocycles. The van der Waals surface area contributed by atoms with Gasteiger partial charge in [0.05, 0.1) is 16.9 Å². The number of fused-ring (bicyclic) bond motifs is 1. The summed E-state index contributed by atoms with van der Waals surface area (Å²) in [5, 5.41) is 2.94. The average Bonchev–Trinajstić information content (AvgIpc) is 2.79. The zero-order chi connectivity index (χ0) is 20.9. The van der Waals surface area contributed by atoms with Gasteiger partial charge in [-0.25, -0.2) is 0 Å². The van der Waals surface area contributed by atoms with Gasteiger partial charge in [-0.2, -0.15) is 0 Å². The molecule has 0 fully saturated rings. The lowest BCUT2D eigenvalue weighted by atomic mass is 10.0. The Morgan fingerprint density at radius 3 is 2.63 bits per heavy atom. The largest absolute Gasteiger partial charge is 0.322 e. The standard InChI is InChI=1S/C25H25N3O2/c1-18-8-5-6-11-21(18)27-25(30)20-16-23-22(26-17-20)12-7-15-28(23)24(29)14-13-19-9-3-2-4-10-19/h2-6,8-11,16-17H,7,12-15H2,1H3,(H,27,30). The Hall–Kier alpha value is -3.47. The van der Waals surface area contributed by atoms with E-state index in [1.807, 2.05) is 61.5 Å². The second-order valence-corrected chi connectivity index (χ2v) is 7.59. The van der Waals surface area contributed by atoms with Gasteiger partial charge < -0.3 is 10.2 Å². The minimum absolute atomic E-state index is 0.0677. The highest BCUT2D eigenvalue weighted by molar-refractivity contribution is 6.05. The van der Waals surface area contributed by atoms with Crippen LogP contribution in [0, 0.1) is 6.92 Å². The molecule has 4 rings (SSSR count). The number of nitrogens with zero attached hydrogens (tertiary/aromatic N) is 2. The van der Waals surface area contributed by atoms with Gasteiger partial charge in [0.25, 0.3) is 5.91 Å². The molecule has 0 aliphatic carbocycles. The van der Waals surface area contributed by atoms with Gasteiger partial charge in [-0.1, -0.05) is 48.5 Å². The molecule has 1 N–H and O–H groups in total. The smallest absolute Gasteiger partial charge is 0.257 e. The lowest BCUT2D eigenvalue weighted by molar-refractivity contribution is -0.118. The molecule has 0 radical (unpaired) electrons. The van der Waals surface area contributed by atoms with Crippen LogP contribution in [0.1, 0.15) is 40.0 Å². The molecule has 0 unspecified atom stereocenters. The number of nitrogens with one attached hydrogen (secondary N) is 1. The quantitative estimate of drug-likeness (QED) is 0.684. The predicted molar refractivity (Wildman–Crippen MR) is 119 cm³/mol. The van der Waals surface area contributed by atoms with Crippen molar-refractivity contribution in [2.75, 3.05) is 16.8 Å². The molecule has 1 aromatic heterocycles. The number of hydrogen-bond donors (Lipinski definition) is 1. The highest BCUT2D eigenvalue weighted by atomic mass is 16.2. The third-order valence-corrected chi connectivity index (χ3v) is 5.46. The maximum absolute atomic E-state index is 12.9. The number of carbonyl (C=O) groups excluding carboxylic acids is 2. The monoisotopic (exact) mass is 399 g/mol. The molecule has 30 heavy (non-hydrogen) atoms. The van der Waals surface area contributed by atoms with Crippen LogP contribution in [-0.4, -0.2) is 23.3 Å². The van der Waals surface area contributed by atoms with Gasteiger partial charge in [0.2, 0.25) is 5.91 Å². The fourth-order valence-corrected chi connectivity index (χ4v) is 3.75. The molecular formula is C25H25N3O2. The lowest BCUT2D eigenvalue weighted by Crippen LogP contribution is -2.36. The van der Waals surface area contributed by atoms with Gasteiger partial charge in [-0.15, -0.1) is 0 Å². The first-order valence-electron chi connectivity index (χ1n) is 10.3. The molecule has 0 spiro atoms. The van der Waals surface area contributed by atoms with E-state index in [1.165, 1.54) is 0 Å². The fourth-order valence-electron chi connectivity index (χ4n) is 3.75. The topological polar surface area (TPSA) is 62.3 Å². The van der Waals surface area contributed by atoms with E-state index < -0.39 is 0 Å². The summed E-state index contributed by atoms with van der Waals surface area (Å²) in [5.74, 6) is -0.153. The van der Waals surface area contributed by atoms with E-state index in [4.69, 9.17) is 0 Å². The van der Waals surface area contributed by atoms with Crippen molar-refractivity contribution >= 4 is 23.2 Å². The van der Waals surface area contributed by atoms with Crippen molar-refractivity contribution in [1.29, 1.82) is 0 Å². The maximum Gasteiger partial charge on any atom is 0.257 e. The summed E-state index contributed by atoms with van der Waals surface area (Å²) in [5.41, 5.74) is 5.01. The van der Waals surface area contributed by atoms with Crippen LogP contribution in [-0.2, 0) is 17.6 Å². The van der Waals surface area contributed by atoms with Crippen LogP contribution in [0.2, 0.25) is 0 Å². The summed E-state index contributed by atoms with van der Waals surface area (Å²) in [7, 11) is 0. The lowest BCUT2D eigenvalue weighted by Gasteiger charge is -2.29. The SMILES string of the molecule is Cc1ccccc1NC(=O)c1cnc2c(c1)N(C(=O)CCc1ccccc1)CCC2. The molecule has 0 saturated heterocycles. The number of anilines is 2. The third-order valence-electron chi connectivity index (χ3n) is 5.46. The Labute approximate surface area is 176 Å². The Bertz CT molecular complexity index is 1060. The van der Waals surface area contributed by atoms with Crippen molar-refractivity contribution in [2.45, 2.75) is 32.6 Å². The molecule has 3 aromatic rings. The molecule has 0 saturated carbocycles. The first-order valence-corrected chi connectivity index (χ1v) is 10.3. The first-order chi connectivity index (χ1) is 14.6. The summed E-state index contributed by atoms with van der Waals surface area (Å²) in [6, 6.07) is 19.5. The van der Waals surface area contributed by atoms with E-state index in [0.29, 0.717) is 24.9 Å². The number of carbonyl (C=O) groups is 2. The highest BCUT2D eigenvalue weighted by Gasteiger charge is 2.24. The summed E-state index contributed by atoms with van der Waals surface area (Å²) >= 11 is 0. The predicted octanol–water partition coefficient (Wildman–Crippen LogP) is 4.55. The molecule has 2 heterocycles. The number of para-hydroxylation sites is 1. The summed E-state index contributed by atoms with van der Waals surface area (Å²) in [6.45, 7) is 2.61. The zero-order valence-electron chi connectivity index (χ0n) is 17.1. The van der Waals surface area contributed by atoms with Crippen molar-refractivity contribution < 1.29 is 9.59 Å². The Balaban J connectivity index is 1.51. The Morgan fingerprint density at radius 2 is 1.83 bits per heavy atom. The van der Waals surface area contributed by atoms with Crippen LogP contribution in [0.4, 0.5) is 11.4 Å². The Morgan fingerprint density at radius 1 is 1.07 bits per heavy atom. The van der Waals surface area contributed by atoms with Crippen molar-refractivity contribution in [3.05, 3.63) is 89.2 Å². The van der Waals surface area contributed by atoms with E-state index in [2.05, 4.69) is 10.3 Å². The van der Waals surface area contributed by atoms with Crippen molar-refractivity contribution in [2.24, 2.45) is 0 Å². The van der Waals surface area contributed by atoms with E-state index in [1.54, 1.807) is 17.2 Å². The van der Waals surface area contributed by atoms with E-state index >= 15 is 0 Å². The molecule has 5 heteroatoms. The molecular weight excluding hydrogens is 374 g/mol. The van der Waals surface area contributed by atoms with Gasteiger partial charge in [0.1, 0.15) is 0 Å². The molecule has 152 valence electrons. The van der Waals surface area contributed by atoms with Crippen molar-refractivity contribution in [1.82, 2.24) is 4.98 Å². The van der Waals surface area contributed by atoms with Gasteiger partial charge in [0, 0.05) is 24.8 Å². The zero-order valence-corrected chi connectivity index (χ0v) is 17.1. The van der Waals surface area contributed by atoms with Crippen LogP contribution in [0.5, 0.6) is 0 Å². The second kappa shape index (κ2) is 8.91. The van der Waals surface area contributed by atoms with E-state index in [-0.39, 0.29) is 11.8 Å². The number of amides is 2. The summed E-state index contributed by atoms with van der Waals surface area (Å²) in [6.07, 6.45) is 4.43. The van der Waals surface area contributed by atoms with Gasteiger partial charge in [-0.05, 0) is 49.4 Å². The minimum Gasteiger partial charge on any atom is -0.322 e. The molecule has 2 amide bonds. The molecule has 0 bridgehead atoms. The minimum atomic E-state index is -0.221. The number of rotatable bonds is 5. The van der Waals surface area contributed by atoms with E-state index in [9.17, 15) is 9.59 Å². The highest BCUT2D eigenvalue weighted by Crippen LogP contribution is 2.28. The number of hydrogen-bond acceptors (Lipinski definition) is 3. The Kier molecular flexibility index (Phi) is 5.89. The van der Waals surface area contributed by atoms with E-state index in [0.717, 1.165) is 41.0 Å². The maximum atomic E-state index is 12.9. The third kappa shape index (κ3) is 4.40. The van der Waals surface area contributed by atoms with Gasteiger partial charge in [-0.3, -0.25) is 14.6 Å². The molecule has 2 aromatic carbocycles. The number of benzene rings is 2. The van der Waals surface area contributed by atoms with Crippen LogP contribution < -0.4 is 10.2 Å². The average molecular weight is 399 g/mol. The number of aromatic nitrogens is 1. The normalized spacial score (nSPS) is 12.9. The first kappa shape index (κ1) is 19.8. The summed E-state index contributed by atoms with van der Waals surface area (Å²) in [4.78, 5) is 32.0. The number of pyridine rings is 1.